The van der Waals surface area contributed by atoms with Gasteiger partial charge in [0.25, 0.3) is 0 Å². The van der Waals surface area contributed by atoms with Gasteiger partial charge in [-0.1, -0.05) is 6.08 Å². The predicted molar refractivity (Wildman–Crippen MR) is 66.7 cm³/mol. The first-order valence-electron chi connectivity index (χ1n) is 3.75. The van der Waals surface area contributed by atoms with E-state index in [1.165, 1.54) is 0 Å². The Morgan fingerprint density at radius 1 is 1.47 bits per heavy atom. The van der Waals surface area contributed by atoms with E-state index in [-0.39, 0.29) is 30.3 Å². The molecule has 0 aromatic heterocycles. The number of carbonyl (C=O) groups excluding carboxylic acids is 1. The van der Waals surface area contributed by atoms with Gasteiger partial charge in [-0.3, -0.25) is 23.8 Å². The molecule has 0 bridgehead atoms. The maximum Gasteiger partial charge on any atom is 3.00 e. The summed E-state index contributed by atoms with van der Waals surface area (Å²) in [7, 11) is 0. The normalized spacial score (nSPS) is 8.40. The molecule has 1 aromatic carbocycles. The minimum atomic E-state index is 0. The van der Waals surface area contributed by atoms with Crippen molar-refractivity contribution in [2.75, 3.05) is 12.5 Å². The first kappa shape index (κ1) is 17.4. The van der Waals surface area contributed by atoms with E-state index in [0.717, 1.165) is 4.24 Å². The second-order valence-corrected chi connectivity index (χ2v) is 4.27. The summed E-state index contributed by atoms with van der Waals surface area (Å²) >= 11 is 3.17. The standard InChI is InChI=1S/C10H10OS2.CH3.Fe/c1-12-10(13-2)7-9(11)8-5-3-4-6-8;;/h3-5,7H,1-2H3;1H3;/q-2;-1;+3. The first-order valence-corrected chi connectivity index (χ1v) is 6.20. The molecule has 1 nitrogen and oxygen atoms in total. The van der Waals surface area contributed by atoms with Gasteiger partial charge in [-0.25, -0.2) is 0 Å². The number of rotatable bonds is 4. The largest absolute Gasteiger partial charge is 3.00 e. The summed E-state index contributed by atoms with van der Waals surface area (Å²) in [5.41, 5.74) is 0.639. The number of allylic oxidation sites excluding steroid dienone is 1. The van der Waals surface area contributed by atoms with Crippen LogP contribution in [0.1, 0.15) is 10.4 Å². The molecule has 4 heteroatoms. The Morgan fingerprint density at radius 3 is 2.47 bits per heavy atom. The summed E-state index contributed by atoms with van der Waals surface area (Å²) in [4.78, 5) is 11.5. The Kier molecular flexibility index (Phi) is 10.7. The van der Waals surface area contributed by atoms with Crippen LogP contribution in [0.5, 0.6) is 0 Å². The molecule has 0 aliphatic carbocycles. The molecule has 1 aromatic rings. The molecule has 83 valence electrons. The zero-order chi connectivity index (χ0) is 9.68. The number of carbonyl (C=O) groups is 1. The molecule has 0 atom stereocenters. The topological polar surface area (TPSA) is 17.1 Å². The number of hydrogen-bond donors (Lipinski definition) is 0. The van der Waals surface area contributed by atoms with E-state index in [0.29, 0.717) is 5.56 Å². The van der Waals surface area contributed by atoms with Gasteiger partial charge >= 0.3 is 17.1 Å². The summed E-state index contributed by atoms with van der Waals surface area (Å²) in [6.45, 7) is 0. The van der Waals surface area contributed by atoms with Crippen LogP contribution in [0.2, 0.25) is 0 Å². The summed E-state index contributed by atoms with van der Waals surface area (Å²) in [5.74, 6) is 0.0312. The molecule has 0 aliphatic heterocycles. The van der Waals surface area contributed by atoms with Crippen molar-refractivity contribution in [3.8, 4) is 0 Å². The van der Waals surface area contributed by atoms with Crippen molar-refractivity contribution < 1.29 is 21.9 Å². The van der Waals surface area contributed by atoms with Crippen LogP contribution >= 0.6 is 23.5 Å². The van der Waals surface area contributed by atoms with Crippen molar-refractivity contribution in [2.45, 2.75) is 0 Å². The van der Waals surface area contributed by atoms with E-state index >= 15 is 0 Å². The van der Waals surface area contributed by atoms with E-state index in [1.807, 2.05) is 18.6 Å². The molecule has 0 saturated heterocycles. The number of hydrogen-bond acceptors (Lipinski definition) is 3. The minimum absolute atomic E-state index is 0. The van der Waals surface area contributed by atoms with Crippen LogP contribution in [0.15, 0.2) is 28.5 Å². The average Bonchev–Trinajstić information content (AvgIpc) is 2.66. The molecule has 1 rings (SSSR count). The van der Waals surface area contributed by atoms with Gasteiger partial charge in [-0.15, -0.1) is 23.5 Å². The second kappa shape index (κ2) is 9.22. The Labute approximate surface area is 111 Å². The van der Waals surface area contributed by atoms with Crippen molar-refractivity contribution in [3.63, 3.8) is 0 Å². The Balaban J connectivity index is 0. The van der Waals surface area contributed by atoms with Crippen molar-refractivity contribution in [1.29, 1.82) is 0 Å². The molecule has 0 aliphatic rings. The molecule has 0 fully saturated rings. The summed E-state index contributed by atoms with van der Waals surface area (Å²) in [5, 5.41) is 0. The molecular formula is C11H13FeOS2. The van der Waals surface area contributed by atoms with Crippen LogP contribution in [0.25, 0.3) is 0 Å². The number of thioether (sulfide) groups is 2. The quantitative estimate of drug-likeness (QED) is 0.364. The van der Waals surface area contributed by atoms with Crippen molar-refractivity contribution in [2.24, 2.45) is 0 Å². The molecule has 0 N–H and O–H groups in total. The summed E-state index contributed by atoms with van der Waals surface area (Å²) in [6.07, 6.45) is 5.58. The predicted octanol–water partition coefficient (Wildman–Crippen LogP) is 3.40. The van der Waals surface area contributed by atoms with Crippen LogP contribution in [-0.4, -0.2) is 18.3 Å². The second-order valence-electron chi connectivity index (χ2n) is 2.32. The molecule has 0 saturated carbocycles. The van der Waals surface area contributed by atoms with Crippen LogP contribution in [0.3, 0.4) is 0 Å². The zero-order valence-corrected chi connectivity index (χ0v) is 11.6. The van der Waals surface area contributed by atoms with Crippen LogP contribution in [0.4, 0.5) is 0 Å². The zero-order valence-electron chi connectivity index (χ0n) is 8.89. The van der Waals surface area contributed by atoms with Crippen LogP contribution < -0.4 is 0 Å². The van der Waals surface area contributed by atoms with Gasteiger partial charge in [-0.05, 0) is 12.5 Å². The molecule has 0 heterocycles. The molecule has 0 amide bonds. The molecule has 1 radical (unpaired) electrons. The Bertz CT molecular complexity index is 298. The smallest absolute Gasteiger partial charge is 0.403 e. The fraction of sp³-hybridized carbons (Fsp3) is 0.182. The van der Waals surface area contributed by atoms with Gasteiger partial charge < -0.3 is 18.3 Å². The van der Waals surface area contributed by atoms with Crippen molar-refractivity contribution >= 4 is 29.3 Å². The van der Waals surface area contributed by atoms with Crippen molar-refractivity contribution in [1.82, 2.24) is 0 Å². The molecule has 0 spiro atoms. The molecule has 15 heavy (non-hydrogen) atoms. The van der Waals surface area contributed by atoms with Gasteiger partial charge in [0.2, 0.25) is 0 Å². The average molecular weight is 281 g/mol. The third kappa shape index (κ3) is 5.57. The van der Waals surface area contributed by atoms with E-state index in [9.17, 15) is 4.79 Å². The fourth-order valence-corrected chi connectivity index (χ4v) is 1.99. The Hall–Kier alpha value is -0.0205. The third-order valence-corrected chi connectivity index (χ3v) is 3.56. The van der Waals surface area contributed by atoms with E-state index in [4.69, 9.17) is 0 Å². The van der Waals surface area contributed by atoms with E-state index < -0.39 is 0 Å². The fourth-order valence-electron chi connectivity index (χ4n) is 0.870. The van der Waals surface area contributed by atoms with Gasteiger partial charge in [-0.2, -0.15) is 0 Å². The first-order chi connectivity index (χ1) is 6.27. The monoisotopic (exact) mass is 281 g/mol. The summed E-state index contributed by atoms with van der Waals surface area (Å²) in [6, 6.07) is 8.22. The maximum absolute atomic E-state index is 11.5. The maximum atomic E-state index is 11.5. The van der Waals surface area contributed by atoms with Gasteiger partial charge in [0.1, 0.15) is 0 Å². The van der Waals surface area contributed by atoms with Crippen LogP contribution in [-0.2, 0) is 17.1 Å². The van der Waals surface area contributed by atoms with Crippen LogP contribution in [0, 0.1) is 13.5 Å². The summed E-state index contributed by atoms with van der Waals surface area (Å²) < 4.78 is 1.03. The SMILES string of the molecule is CSC(=CC(=O)c1[c-]cc[cH-]1)SC.[CH3-].[Fe+3]. The molecular weight excluding hydrogens is 268 g/mol. The Morgan fingerprint density at radius 2 is 2.07 bits per heavy atom. The molecule has 0 unspecified atom stereocenters. The van der Waals surface area contributed by atoms with Gasteiger partial charge in [0.05, 0.1) is 0 Å². The van der Waals surface area contributed by atoms with Gasteiger partial charge in [0, 0.05) is 10.0 Å². The van der Waals surface area contributed by atoms with E-state index in [2.05, 4.69) is 6.07 Å². The van der Waals surface area contributed by atoms with Gasteiger partial charge in [0.15, 0.2) is 0 Å². The van der Waals surface area contributed by atoms with E-state index in [1.54, 1.807) is 41.7 Å². The van der Waals surface area contributed by atoms with Crippen molar-refractivity contribution in [3.05, 3.63) is 47.6 Å². The number of ketones is 1. The minimum Gasteiger partial charge on any atom is -0.403 e. The third-order valence-electron chi connectivity index (χ3n) is 1.51.